The van der Waals surface area contributed by atoms with E-state index in [1.54, 1.807) is 11.8 Å². The lowest BCUT2D eigenvalue weighted by Gasteiger charge is -2.42. The normalized spacial score (nSPS) is 25.7. The first-order valence-electron chi connectivity index (χ1n) is 20.4. The first kappa shape index (κ1) is 40.3. The maximum Gasteiger partial charge on any atom is 0.415 e. The van der Waals surface area contributed by atoms with Gasteiger partial charge in [-0.2, -0.15) is 23.1 Å². The Morgan fingerprint density at radius 2 is 1.82 bits per heavy atom. The van der Waals surface area contributed by atoms with Crippen LogP contribution in [0.2, 0.25) is 0 Å². The zero-order valence-corrected chi connectivity index (χ0v) is 33.3. The minimum Gasteiger partial charge on any atom is -0.461 e. The molecular weight excluding hydrogens is 796 g/mol. The third kappa shape index (κ3) is 7.17. The highest BCUT2D eigenvalue weighted by Gasteiger charge is 2.55. The molecule has 18 heteroatoms. The van der Waals surface area contributed by atoms with E-state index in [2.05, 4.69) is 20.2 Å². The Balaban J connectivity index is 1.19. The number of amides is 2. The fraction of sp³-hybridized carbons (Fsp3) is 0.548. The second-order valence-electron chi connectivity index (χ2n) is 17.5. The summed E-state index contributed by atoms with van der Waals surface area (Å²) in [7, 11) is 0. The van der Waals surface area contributed by atoms with Gasteiger partial charge in [-0.05, 0) is 106 Å². The number of nitrogens with one attached hydrogen (secondary N) is 1. The third-order valence-corrected chi connectivity index (χ3v) is 13.1. The molecule has 60 heavy (non-hydrogen) atoms. The molecule has 320 valence electrons. The summed E-state index contributed by atoms with van der Waals surface area (Å²) in [6.45, 7) is 3.83. The van der Waals surface area contributed by atoms with Crippen molar-refractivity contribution in [2.24, 2.45) is 5.41 Å². The van der Waals surface area contributed by atoms with E-state index in [4.69, 9.17) is 19.2 Å². The van der Waals surface area contributed by atoms with Crippen molar-refractivity contribution in [3.8, 4) is 23.0 Å². The first-order valence-corrected chi connectivity index (χ1v) is 20.4. The Morgan fingerprint density at radius 1 is 1.03 bits per heavy atom. The number of carbonyl (C=O) groups excluding carboxylic acids is 2. The van der Waals surface area contributed by atoms with Crippen LogP contribution in [0.15, 0.2) is 30.5 Å². The molecule has 10 rings (SSSR count). The number of alkyl halides is 4. The highest BCUT2D eigenvalue weighted by atomic mass is 19.4. The van der Waals surface area contributed by atoms with Gasteiger partial charge >= 0.3 is 24.4 Å². The van der Waals surface area contributed by atoms with Crippen molar-refractivity contribution in [2.45, 2.75) is 88.6 Å². The molecule has 4 fully saturated rings. The molecule has 0 aliphatic carbocycles. The molecule has 6 aliphatic heterocycles. The fourth-order valence-corrected chi connectivity index (χ4v) is 9.96. The molecule has 3 unspecified atom stereocenters. The van der Waals surface area contributed by atoms with Crippen molar-refractivity contribution >= 4 is 39.7 Å². The number of alkyl carbamates (subject to hydrolysis) is 1. The molecule has 1 N–H and O–H groups in total. The Labute approximate surface area is 341 Å². The number of aryl methyl sites for hydroxylation is 1. The molecular formula is C42H45F6N7O5. The number of halogens is 6. The topological polar surface area (TPSA) is 122 Å². The van der Waals surface area contributed by atoms with Gasteiger partial charge in [-0.3, -0.25) is 9.88 Å². The van der Waals surface area contributed by atoms with Crippen LogP contribution in [0.5, 0.6) is 11.8 Å². The number of nitrogens with zero attached hydrogens (tertiary/aromatic N) is 6. The molecule has 2 aromatic carbocycles. The number of likely N-dealkylation sites (tertiary alicyclic amines) is 1. The Bertz CT molecular complexity index is 2380. The quantitative estimate of drug-likeness (QED) is 0.203. The van der Waals surface area contributed by atoms with Crippen molar-refractivity contribution in [3.05, 3.63) is 47.7 Å². The molecule has 12 nitrogen and oxygen atoms in total. The van der Waals surface area contributed by atoms with Crippen molar-refractivity contribution in [1.82, 2.24) is 30.1 Å². The van der Waals surface area contributed by atoms with Crippen LogP contribution in [-0.2, 0) is 11.2 Å². The summed E-state index contributed by atoms with van der Waals surface area (Å²) in [6, 6.07) is 5.19. The van der Waals surface area contributed by atoms with Crippen LogP contribution in [0.1, 0.15) is 64.4 Å². The highest BCUT2D eigenvalue weighted by Crippen LogP contribution is 2.46. The van der Waals surface area contributed by atoms with Gasteiger partial charge in [-0.1, -0.05) is 6.07 Å². The minimum atomic E-state index is -4.55. The van der Waals surface area contributed by atoms with Crippen LogP contribution >= 0.6 is 0 Å². The Hall–Kier alpha value is -5.13. The molecule has 2 aromatic heterocycles. The third-order valence-electron chi connectivity index (χ3n) is 13.1. The second kappa shape index (κ2) is 14.8. The maximum atomic E-state index is 17.5. The van der Waals surface area contributed by atoms with E-state index < -0.39 is 53.7 Å². The lowest BCUT2D eigenvalue weighted by atomic mass is 9.89. The van der Waals surface area contributed by atoms with E-state index in [1.807, 2.05) is 0 Å². The number of ether oxygens (including phenoxy) is 3. The molecule has 6 bridgehead atoms. The molecule has 8 heterocycles. The molecule has 4 aromatic rings. The van der Waals surface area contributed by atoms with Crippen molar-refractivity contribution in [1.29, 1.82) is 0 Å². The summed E-state index contributed by atoms with van der Waals surface area (Å²) in [5.41, 5.74) is -3.84. The number of anilines is 1. The lowest BCUT2D eigenvalue weighted by Crippen LogP contribution is -2.60. The maximum absolute atomic E-state index is 17.5. The standard InChI is InChI=1S/C42H45F6N7O5/c1-39(42(46,47)48)11-14-53(21-39)38(57)60-26-16-24-7-8-30(44)27-6-3-15-58-37(56)52-40(2)18-25(43)20-54(22-40)35-29-19-49-33(28(17-26)31(24)27)32(45)34(29)50-36(51-35)59-23-41-9-4-12-55(41)13-5-10-41/h7-8,16-17,19,25H,3-6,9-15,18,20-23H2,1-2H3,(H,52,56). The van der Waals surface area contributed by atoms with Crippen LogP contribution in [-0.4, -0.2) is 113 Å². The second-order valence-corrected chi connectivity index (χ2v) is 17.5. The number of benzene rings is 2. The summed E-state index contributed by atoms with van der Waals surface area (Å²) < 4.78 is 108. The molecule has 0 spiro atoms. The summed E-state index contributed by atoms with van der Waals surface area (Å²) in [6.07, 6.45) is -2.81. The van der Waals surface area contributed by atoms with E-state index >= 15 is 13.2 Å². The zero-order chi connectivity index (χ0) is 42.2. The van der Waals surface area contributed by atoms with Crippen molar-refractivity contribution < 1.29 is 50.1 Å². The molecule has 3 atom stereocenters. The lowest BCUT2D eigenvalue weighted by molar-refractivity contribution is -0.212. The number of aromatic nitrogens is 3. The number of fused-ring (bicyclic) bond motifs is 7. The molecule has 4 saturated heterocycles. The van der Waals surface area contributed by atoms with Gasteiger partial charge in [0.1, 0.15) is 41.4 Å². The monoisotopic (exact) mass is 841 g/mol. The number of rotatable bonds is 4. The van der Waals surface area contributed by atoms with E-state index in [9.17, 15) is 22.8 Å². The Kier molecular flexibility index (Phi) is 9.94. The molecule has 0 saturated carbocycles. The average molecular weight is 842 g/mol. The Morgan fingerprint density at radius 3 is 2.57 bits per heavy atom. The van der Waals surface area contributed by atoms with Crippen LogP contribution in [0.25, 0.3) is 32.9 Å². The van der Waals surface area contributed by atoms with Crippen LogP contribution in [0.3, 0.4) is 0 Å². The fourth-order valence-electron chi connectivity index (χ4n) is 9.96. The van der Waals surface area contributed by atoms with Crippen molar-refractivity contribution in [2.75, 3.05) is 57.4 Å². The predicted molar refractivity (Wildman–Crippen MR) is 208 cm³/mol. The van der Waals surface area contributed by atoms with Crippen molar-refractivity contribution in [3.63, 3.8) is 0 Å². The highest BCUT2D eigenvalue weighted by molar-refractivity contribution is 6.02. The van der Waals surface area contributed by atoms with E-state index in [1.165, 1.54) is 30.5 Å². The van der Waals surface area contributed by atoms with Gasteiger partial charge in [0, 0.05) is 37.8 Å². The smallest absolute Gasteiger partial charge is 0.415 e. The first-order chi connectivity index (χ1) is 28.5. The minimum absolute atomic E-state index is 0.0113. The van der Waals surface area contributed by atoms with E-state index in [0.29, 0.717) is 5.39 Å². The number of carbonyl (C=O) groups is 2. The average Bonchev–Trinajstić information content (AvgIpc) is 3.90. The number of hydrogen-bond acceptors (Lipinski definition) is 10. The summed E-state index contributed by atoms with van der Waals surface area (Å²) in [5.74, 6) is -1.60. The number of pyridine rings is 1. The molecule has 6 aliphatic rings. The van der Waals surface area contributed by atoms with Crippen LogP contribution in [0, 0.1) is 17.0 Å². The predicted octanol–water partition coefficient (Wildman–Crippen LogP) is 7.88. The summed E-state index contributed by atoms with van der Waals surface area (Å²) in [5, 5.41) is 3.46. The van der Waals surface area contributed by atoms with Gasteiger partial charge in [0.05, 0.1) is 35.0 Å². The van der Waals surface area contributed by atoms with Gasteiger partial charge < -0.3 is 29.3 Å². The van der Waals surface area contributed by atoms with E-state index in [0.717, 1.165) is 50.6 Å². The molecule has 0 radical (unpaired) electrons. The summed E-state index contributed by atoms with van der Waals surface area (Å²) >= 11 is 0. The largest absolute Gasteiger partial charge is 0.461 e. The van der Waals surface area contributed by atoms with Gasteiger partial charge in [-0.25, -0.2) is 22.8 Å². The molecule has 2 amide bonds. The zero-order valence-electron chi connectivity index (χ0n) is 33.3. The van der Waals surface area contributed by atoms with Gasteiger partial charge in [0.25, 0.3) is 0 Å². The van der Waals surface area contributed by atoms with Gasteiger partial charge in [0.2, 0.25) is 0 Å². The summed E-state index contributed by atoms with van der Waals surface area (Å²) in [4.78, 5) is 45.3. The van der Waals surface area contributed by atoms with Gasteiger partial charge in [0.15, 0.2) is 5.82 Å². The van der Waals surface area contributed by atoms with Crippen LogP contribution < -0.4 is 19.7 Å². The van der Waals surface area contributed by atoms with Gasteiger partial charge in [-0.15, -0.1) is 0 Å². The van der Waals surface area contributed by atoms with Crippen LogP contribution in [0.4, 0.5) is 41.7 Å². The number of hydrogen-bond donors (Lipinski definition) is 1. The number of piperidine rings is 1. The SMILES string of the molecule is CC12CC(F)CN(C1)c1nc(OCC34CCCN3CCC4)nc3c(F)c(ncc13)-c1cc(OC(=O)N3CCC(C)(C(F)(F)F)C3)cc3ccc(F)c(c13)CCCOC(=O)N2. The van der Waals surface area contributed by atoms with E-state index in [-0.39, 0.29) is 115 Å².